The Kier molecular flexibility index (Phi) is 6.62. The van der Waals surface area contributed by atoms with Gasteiger partial charge in [-0.1, -0.05) is 52.3 Å². The molecule has 0 atom stereocenters. The maximum Gasteiger partial charge on any atom is 0.225 e. The van der Waals surface area contributed by atoms with E-state index in [1.54, 1.807) is 0 Å². The van der Waals surface area contributed by atoms with E-state index in [0.717, 1.165) is 49.4 Å². The molecule has 1 aliphatic heterocycles. The highest BCUT2D eigenvalue weighted by molar-refractivity contribution is 9.10. The highest BCUT2D eigenvalue weighted by Gasteiger charge is 2.17. The highest BCUT2D eigenvalue weighted by atomic mass is 79.9. The van der Waals surface area contributed by atoms with Crippen LogP contribution < -0.4 is 5.32 Å². The molecule has 4 nitrogen and oxygen atoms in total. The van der Waals surface area contributed by atoms with Crippen LogP contribution in [-0.2, 0) is 11.3 Å². The van der Waals surface area contributed by atoms with Crippen LogP contribution in [0, 0.1) is 0 Å². The summed E-state index contributed by atoms with van der Waals surface area (Å²) >= 11 is 3.42. The minimum absolute atomic E-state index is 0.0739. The summed E-state index contributed by atoms with van der Waals surface area (Å²) in [5.41, 5.74) is 2.21. The molecule has 1 N–H and O–H groups in total. The number of halogens is 1. The summed E-state index contributed by atoms with van der Waals surface area (Å²) in [6, 6.07) is 18.3. The monoisotopic (exact) mass is 401 g/mol. The molecule has 0 aliphatic carbocycles. The van der Waals surface area contributed by atoms with Gasteiger partial charge in [-0.3, -0.25) is 9.69 Å². The van der Waals surface area contributed by atoms with Gasteiger partial charge in [-0.2, -0.15) is 0 Å². The fourth-order valence-electron chi connectivity index (χ4n) is 3.06. The van der Waals surface area contributed by atoms with Gasteiger partial charge in [0.25, 0.3) is 0 Å². The van der Waals surface area contributed by atoms with Crippen molar-refractivity contribution in [3.05, 3.63) is 64.6 Å². The standard InChI is InChI=1S/C20H24BrN3O/c21-18-7-4-8-19(15-18)22-20(25)9-10-23-11-13-24(14-12-23)16-17-5-2-1-3-6-17/h1-8,15H,9-14,16H2,(H,22,25). The van der Waals surface area contributed by atoms with Gasteiger partial charge >= 0.3 is 0 Å². The third kappa shape index (κ3) is 5.96. The minimum Gasteiger partial charge on any atom is -0.326 e. The number of hydrogen-bond donors (Lipinski definition) is 1. The topological polar surface area (TPSA) is 35.6 Å². The number of nitrogens with zero attached hydrogens (tertiary/aromatic N) is 2. The zero-order chi connectivity index (χ0) is 17.5. The number of carbonyl (C=O) groups excluding carboxylic acids is 1. The van der Waals surface area contributed by atoms with Crippen molar-refractivity contribution in [2.75, 3.05) is 38.0 Å². The van der Waals surface area contributed by atoms with Gasteiger partial charge in [0.05, 0.1) is 0 Å². The molecule has 1 amide bonds. The van der Waals surface area contributed by atoms with E-state index in [1.165, 1.54) is 5.56 Å². The molecular weight excluding hydrogens is 378 g/mol. The number of anilines is 1. The van der Waals surface area contributed by atoms with Gasteiger partial charge in [0.15, 0.2) is 0 Å². The normalized spacial score (nSPS) is 15.9. The maximum absolute atomic E-state index is 12.1. The lowest BCUT2D eigenvalue weighted by Crippen LogP contribution is -2.46. The summed E-state index contributed by atoms with van der Waals surface area (Å²) < 4.78 is 0.972. The number of nitrogens with one attached hydrogen (secondary N) is 1. The molecule has 3 rings (SSSR count). The molecule has 0 unspecified atom stereocenters. The van der Waals surface area contributed by atoms with E-state index in [0.29, 0.717) is 6.42 Å². The molecular formula is C20H24BrN3O. The Labute approximate surface area is 158 Å². The van der Waals surface area contributed by atoms with E-state index < -0.39 is 0 Å². The molecule has 2 aromatic carbocycles. The van der Waals surface area contributed by atoms with Crippen molar-refractivity contribution in [2.45, 2.75) is 13.0 Å². The summed E-state index contributed by atoms with van der Waals surface area (Å²) in [5.74, 6) is 0.0739. The quantitative estimate of drug-likeness (QED) is 0.802. The SMILES string of the molecule is O=C(CCN1CCN(Cc2ccccc2)CC1)Nc1cccc(Br)c1. The van der Waals surface area contributed by atoms with Crippen LogP contribution in [0.2, 0.25) is 0 Å². The predicted octanol–water partition coefficient (Wildman–Crippen LogP) is 3.60. The summed E-state index contributed by atoms with van der Waals surface area (Å²) in [7, 11) is 0. The molecule has 0 aromatic heterocycles. The van der Waals surface area contributed by atoms with Crippen LogP contribution in [0.15, 0.2) is 59.1 Å². The second-order valence-corrected chi connectivity index (χ2v) is 7.33. The Morgan fingerprint density at radius 1 is 0.960 bits per heavy atom. The van der Waals surface area contributed by atoms with Crippen LogP contribution in [0.5, 0.6) is 0 Å². The van der Waals surface area contributed by atoms with Gasteiger partial charge in [-0.15, -0.1) is 0 Å². The lowest BCUT2D eigenvalue weighted by molar-refractivity contribution is -0.116. The Hall–Kier alpha value is -1.69. The van der Waals surface area contributed by atoms with Crippen LogP contribution >= 0.6 is 15.9 Å². The largest absolute Gasteiger partial charge is 0.326 e. The maximum atomic E-state index is 12.1. The third-order valence-corrected chi connectivity index (χ3v) is 4.97. The van der Waals surface area contributed by atoms with Crippen LogP contribution in [0.3, 0.4) is 0 Å². The molecule has 0 radical (unpaired) electrons. The Balaban J connectivity index is 1.37. The molecule has 0 spiro atoms. The molecule has 1 fully saturated rings. The number of amides is 1. The summed E-state index contributed by atoms with van der Waals surface area (Å²) in [6.45, 7) is 6.00. The number of hydrogen-bond acceptors (Lipinski definition) is 3. The Morgan fingerprint density at radius 2 is 1.68 bits per heavy atom. The molecule has 1 saturated heterocycles. The molecule has 25 heavy (non-hydrogen) atoms. The highest BCUT2D eigenvalue weighted by Crippen LogP contribution is 2.16. The van der Waals surface area contributed by atoms with Gasteiger partial charge < -0.3 is 10.2 Å². The summed E-state index contributed by atoms with van der Waals surface area (Å²) in [6.07, 6.45) is 0.533. The first kappa shape index (κ1) is 18.1. The van der Waals surface area contributed by atoms with Crippen molar-refractivity contribution in [1.29, 1.82) is 0 Å². The zero-order valence-electron chi connectivity index (χ0n) is 14.3. The summed E-state index contributed by atoms with van der Waals surface area (Å²) in [4.78, 5) is 17.0. The minimum atomic E-state index is 0.0739. The van der Waals surface area contributed by atoms with Crippen molar-refractivity contribution >= 4 is 27.5 Å². The first-order valence-electron chi connectivity index (χ1n) is 8.73. The first-order chi connectivity index (χ1) is 12.2. The molecule has 5 heteroatoms. The average Bonchev–Trinajstić information content (AvgIpc) is 2.62. The molecule has 1 heterocycles. The van der Waals surface area contributed by atoms with Crippen molar-refractivity contribution < 1.29 is 4.79 Å². The van der Waals surface area contributed by atoms with E-state index in [1.807, 2.05) is 24.3 Å². The van der Waals surface area contributed by atoms with E-state index in [9.17, 15) is 4.79 Å². The second kappa shape index (κ2) is 9.13. The van der Waals surface area contributed by atoms with Crippen molar-refractivity contribution in [3.63, 3.8) is 0 Å². The molecule has 132 valence electrons. The van der Waals surface area contributed by atoms with Crippen LogP contribution in [-0.4, -0.2) is 48.4 Å². The predicted molar refractivity (Wildman–Crippen MR) is 106 cm³/mol. The van der Waals surface area contributed by atoms with Crippen molar-refractivity contribution in [2.24, 2.45) is 0 Å². The Bertz CT molecular complexity index is 684. The zero-order valence-corrected chi connectivity index (χ0v) is 15.9. The fourth-order valence-corrected chi connectivity index (χ4v) is 3.46. The van der Waals surface area contributed by atoms with Crippen molar-refractivity contribution in [3.8, 4) is 0 Å². The van der Waals surface area contributed by atoms with E-state index >= 15 is 0 Å². The van der Waals surface area contributed by atoms with E-state index in [-0.39, 0.29) is 5.91 Å². The molecule has 2 aromatic rings. The summed E-state index contributed by atoms with van der Waals surface area (Å²) in [5, 5.41) is 2.96. The van der Waals surface area contributed by atoms with Gasteiger partial charge in [0.1, 0.15) is 0 Å². The smallest absolute Gasteiger partial charge is 0.225 e. The lowest BCUT2D eigenvalue weighted by atomic mass is 10.2. The molecule has 0 bridgehead atoms. The average molecular weight is 402 g/mol. The van der Waals surface area contributed by atoms with Gasteiger partial charge in [0, 0.05) is 55.8 Å². The van der Waals surface area contributed by atoms with Crippen LogP contribution in [0.25, 0.3) is 0 Å². The van der Waals surface area contributed by atoms with Crippen LogP contribution in [0.1, 0.15) is 12.0 Å². The first-order valence-corrected chi connectivity index (χ1v) is 9.52. The van der Waals surface area contributed by atoms with E-state index in [2.05, 4.69) is 61.4 Å². The van der Waals surface area contributed by atoms with Crippen LogP contribution in [0.4, 0.5) is 5.69 Å². The number of benzene rings is 2. The fraction of sp³-hybridized carbons (Fsp3) is 0.350. The Morgan fingerprint density at radius 3 is 2.40 bits per heavy atom. The number of piperazine rings is 1. The van der Waals surface area contributed by atoms with Gasteiger partial charge in [-0.05, 0) is 23.8 Å². The van der Waals surface area contributed by atoms with Crippen molar-refractivity contribution in [1.82, 2.24) is 9.80 Å². The second-order valence-electron chi connectivity index (χ2n) is 6.41. The molecule has 0 saturated carbocycles. The number of carbonyl (C=O) groups is 1. The van der Waals surface area contributed by atoms with E-state index in [4.69, 9.17) is 0 Å². The molecule has 1 aliphatic rings. The third-order valence-electron chi connectivity index (χ3n) is 4.48. The lowest BCUT2D eigenvalue weighted by Gasteiger charge is -2.34. The van der Waals surface area contributed by atoms with Gasteiger partial charge in [-0.25, -0.2) is 0 Å². The van der Waals surface area contributed by atoms with Gasteiger partial charge in [0.2, 0.25) is 5.91 Å². The number of rotatable bonds is 6.